The topological polar surface area (TPSA) is 51.2 Å². The third-order valence-corrected chi connectivity index (χ3v) is 4.75. The van der Waals surface area contributed by atoms with Gasteiger partial charge in [0.2, 0.25) is 0 Å². The molecule has 23 heavy (non-hydrogen) atoms. The molecule has 0 fully saturated rings. The number of anilines is 1. The molecule has 118 valence electrons. The van der Waals surface area contributed by atoms with Crippen LogP contribution in [0.2, 0.25) is 5.02 Å². The number of benzene rings is 2. The number of nitrogens with one attached hydrogen (secondary N) is 1. The van der Waals surface area contributed by atoms with Crippen molar-refractivity contribution >= 4 is 44.2 Å². The van der Waals surface area contributed by atoms with Gasteiger partial charge in [-0.05, 0) is 43.7 Å². The molecule has 0 saturated carbocycles. The van der Waals surface area contributed by atoms with Gasteiger partial charge >= 0.3 is 0 Å². The van der Waals surface area contributed by atoms with Gasteiger partial charge in [0.15, 0.2) is 11.2 Å². The van der Waals surface area contributed by atoms with Crippen LogP contribution in [0, 0.1) is 6.92 Å². The molecule has 6 heteroatoms. The Kier molecular flexibility index (Phi) is 4.50. The zero-order valence-corrected chi connectivity index (χ0v) is 14.2. The first-order chi connectivity index (χ1) is 11.0. The lowest BCUT2D eigenvalue weighted by atomic mass is 10.2. The van der Waals surface area contributed by atoms with E-state index in [9.17, 15) is 4.79 Å². The second kappa shape index (κ2) is 6.56. The zero-order valence-electron chi connectivity index (χ0n) is 12.7. The number of nitrogens with zero attached hydrogens (tertiary/aromatic N) is 1. The lowest BCUT2D eigenvalue weighted by Gasteiger charge is -2.13. The summed E-state index contributed by atoms with van der Waals surface area (Å²) in [6.45, 7) is 3.62. The van der Waals surface area contributed by atoms with Crippen molar-refractivity contribution in [3.05, 3.63) is 53.1 Å². The van der Waals surface area contributed by atoms with Gasteiger partial charge in [0.25, 0.3) is 5.91 Å². The van der Waals surface area contributed by atoms with Gasteiger partial charge in [0, 0.05) is 5.02 Å². The maximum absolute atomic E-state index is 12.2. The number of carbonyl (C=O) groups is 1. The van der Waals surface area contributed by atoms with Gasteiger partial charge in [-0.25, -0.2) is 4.98 Å². The van der Waals surface area contributed by atoms with Crippen molar-refractivity contribution in [1.82, 2.24) is 4.98 Å². The van der Waals surface area contributed by atoms with E-state index in [1.807, 2.05) is 49.4 Å². The summed E-state index contributed by atoms with van der Waals surface area (Å²) in [7, 11) is 0. The Bertz CT molecular complexity index is 848. The van der Waals surface area contributed by atoms with Crippen LogP contribution in [0.25, 0.3) is 10.2 Å². The zero-order chi connectivity index (χ0) is 16.4. The molecule has 2 aromatic carbocycles. The SMILES string of the molecule is Cc1c(Cl)ccc2sc(NC(=O)C(C)Oc3ccccc3)nc12. The number of hydrogen-bond donors (Lipinski definition) is 1. The monoisotopic (exact) mass is 346 g/mol. The molecule has 1 unspecified atom stereocenters. The summed E-state index contributed by atoms with van der Waals surface area (Å²) in [6, 6.07) is 13.0. The average Bonchev–Trinajstić information content (AvgIpc) is 2.95. The van der Waals surface area contributed by atoms with E-state index in [-0.39, 0.29) is 5.91 Å². The van der Waals surface area contributed by atoms with E-state index >= 15 is 0 Å². The van der Waals surface area contributed by atoms with Crippen LogP contribution < -0.4 is 10.1 Å². The number of carbonyl (C=O) groups excluding carboxylic acids is 1. The molecular formula is C17H15ClN2O2S. The number of hydrogen-bond acceptors (Lipinski definition) is 4. The first kappa shape index (κ1) is 15.8. The summed E-state index contributed by atoms with van der Waals surface area (Å²) in [5.74, 6) is 0.415. The summed E-state index contributed by atoms with van der Waals surface area (Å²) in [6.07, 6.45) is -0.617. The number of amides is 1. The Balaban J connectivity index is 1.73. The minimum atomic E-state index is -0.617. The number of halogens is 1. The summed E-state index contributed by atoms with van der Waals surface area (Å²) >= 11 is 7.52. The fourth-order valence-corrected chi connectivity index (χ4v) is 3.20. The molecule has 1 aromatic heterocycles. The predicted molar refractivity (Wildman–Crippen MR) is 94.5 cm³/mol. The van der Waals surface area contributed by atoms with Crippen LogP contribution in [0.3, 0.4) is 0 Å². The Morgan fingerprint density at radius 1 is 1.26 bits per heavy atom. The summed E-state index contributed by atoms with van der Waals surface area (Å²) in [4.78, 5) is 16.7. The molecular weight excluding hydrogens is 332 g/mol. The third kappa shape index (κ3) is 3.46. The van der Waals surface area contributed by atoms with E-state index in [2.05, 4.69) is 10.3 Å². The van der Waals surface area contributed by atoms with Gasteiger partial charge < -0.3 is 4.74 Å². The first-order valence-corrected chi connectivity index (χ1v) is 8.32. The molecule has 0 spiro atoms. The Labute approximate surface area is 143 Å². The fourth-order valence-electron chi connectivity index (χ4n) is 2.12. The van der Waals surface area contributed by atoms with Crippen LogP contribution in [0.1, 0.15) is 12.5 Å². The smallest absolute Gasteiger partial charge is 0.266 e. The van der Waals surface area contributed by atoms with Crippen molar-refractivity contribution in [2.75, 3.05) is 5.32 Å². The van der Waals surface area contributed by atoms with Crippen LogP contribution >= 0.6 is 22.9 Å². The van der Waals surface area contributed by atoms with E-state index in [1.165, 1.54) is 11.3 Å². The number of ether oxygens (including phenoxy) is 1. The summed E-state index contributed by atoms with van der Waals surface area (Å²) in [5, 5.41) is 4.01. The molecule has 3 aromatic rings. The molecule has 1 amide bonds. The van der Waals surface area contributed by atoms with Crippen molar-refractivity contribution in [3.8, 4) is 5.75 Å². The minimum absolute atomic E-state index is 0.239. The predicted octanol–water partition coefficient (Wildman–Crippen LogP) is 4.66. The van der Waals surface area contributed by atoms with Crippen molar-refractivity contribution in [1.29, 1.82) is 0 Å². The van der Waals surface area contributed by atoms with E-state index in [1.54, 1.807) is 6.92 Å². The van der Waals surface area contributed by atoms with Gasteiger partial charge in [-0.3, -0.25) is 10.1 Å². The number of thiazole rings is 1. The Morgan fingerprint density at radius 3 is 2.74 bits per heavy atom. The van der Waals surface area contributed by atoms with Crippen LogP contribution in [0.5, 0.6) is 5.75 Å². The van der Waals surface area contributed by atoms with Crippen molar-refractivity contribution < 1.29 is 9.53 Å². The second-order valence-electron chi connectivity index (χ2n) is 5.10. The standard InChI is InChI=1S/C17H15ClN2O2S/c1-10-13(18)8-9-14-15(10)19-17(23-14)20-16(21)11(2)22-12-6-4-3-5-7-12/h3-9,11H,1-2H3,(H,19,20,21). The van der Waals surface area contributed by atoms with E-state index < -0.39 is 6.10 Å². The third-order valence-electron chi connectivity index (χ3n) is 3.40. The van der Waals surface area contributed by atoms with Gasteiger partial charge in [0.1, 0.15) is 5.75 Å². The maximum Gasteiger partial charge on any atom is 0.266 e. The van der Waals surface area contributed by atoms with E-state index in [0.717, 1.165) is 15.8 Å². The average molecular weight is 347 g/mol. The van der Waals surface area contributed by atoms with Crippen molar-refractivity contribution in [2.45, 2.75) is 20.0 Å². The largest absolute Gasteiger partial charge is 0.481 e. The van der Waals surface area contributed by atoms with Crippen LogP contribution in [-0.2, 0) is 4.79 Å². The van der Waals surface area contributed by atoms with Crippen LogP contribution in [0.4, 0.5) is 5.13 Å². The molecule has 4 nitrogen and oxygen atoms in total. The number of rotatable bonds is 4. The fraction of sp³-hybridized carbons (Fsp3) is 0.176. The molecule has 3 rings (SSSR count). The highest BCUT2D eigenvalue weighted by Crippen LogP contribution is 2.31. The van der Waals surface area contributed by atoms with Gasteiger partial charge in [-0.2, -0.15) is 0 Å². The normalized spacial score (nSPS) is 12.1. The lowest BCUT2D eigenvalue weighted by molar-refractivity contribution is -0.122. The van der Waals surface area contributed by atoms with Crippen LogP contribution in [0.15, 0.2) is 42.5 Å². The number of para-hydroxylation sites is 1. The lowest BCUT2D eigenvalue weighted by Crippen LogP contribution is -2.30. The maximum atomic E-state index is 12.2. The number of aryl methyl sites for hydroxylation is 1. The molecule has 0 bridgehead atoms. The molecule has 0 radical (unpaired) electrons. The Morgan fingerprint density at radius 2 is 2.00 bits per heavy atom. The van der Waals surface area contributed by atoms with Gasteiger partial charge in [-0.15, -0.1) is 0 Å². The highest BCUT2D eigenvalue weighted by molar-refractivity contribution is 7.22. The van der Waals surface area contributed by atoms with Gasteiger partial charge in [0.05, 0.1) is 10.2 Å². The molecule has 0 aliphatic rings. The summed E-state index contributed by atoms with van der Waals surface area (Å²) in [5.41, 5.74) is 1.73. The first-order valence-electron chi connectivity index (χ1n) is 7.13. The van der Waals surface area contributed by atoms with Crippen LogP contribution in [-0.4, -0.2) is 17.0 Å². The van der Waals surface area contributed by atoms with Crippen molar-refractivity contribution in [3.63, 3.8) is 0 Å². The molecule has 1 heterocycles. The quantitative estimate of drug-likeness (QED) is 0.747. The highest BCUT2D eigenvalue weighted by Gasteiger charge is 2.17. The molecule has 0 aliphatic heterocycles. The second-order valence-corrected chi connectivity index (χ2v) is 6.54. The van der Waals surface area contributed by atoms with E-state index in [4.69, 9.17) is 16.3 Å². The Hall–Kier alpha value is -2.11. The molecule has 1 N–H and O–H groups in total. The minimum Gasteiger partial charge on any atom is -0.481 e. The highest BCUT2D eigenvalue weighted by atomic mass is 35.5. The molecule has 1 atom stereocenters. The number of aromatic nitrogens is 1. The van der Waals surface area contributed by atoms with Gasteiger partial charge in [-0.1, -0.05) is 41.1 Å². The molecule has 0 saturated heterocycles. The van der Waals surface area contributed by atoms with Crippen molar-refractivity contribution in [2.24, 2.45) is 0 Å². The number of fused-ring (bicyclic) bond motifs is 1. The summed E-state index contributed by atoms with van der Waals surface area (Å²) < 4.78 is 6.59. The molecule has 0 aliphatic carbocycles. The van der Waals surface area contributed by atoms with E-state index in [0.29, 0.717) is 15.9 Å².